The molecule has 4 heteroatoms. The second kappa shape index (κ2) is 4.97. The fourth-order valence-corrected chi connectivity index (χ4v) is 0.882. The predicted octanol–water partition coefficient (Wildman–Crippen LogP) is 1.94. The molecule has 0 aliphatic rings. The molecule has 0 aliphatic carbocycles. The van der Waals surface area contributed by atoms with Crippen LogP contribution in [0.15, 0.2) is 4.52 Å². The summed E-state index contributed by atoms with van der Waals surface area (Å²) in [4.78, 5) is 4.02. The van der Waals surface area contributed by atoms with E-state index in [0.29, 0.717) is 24.2 Å². The first-order valence-corrected chi connectivity index (χ1v) is 4.55. The summed E-state index contributed by atoms with van der Waals surface area (Å²) in [5, 5.41) is 3.72. The molecule has 0 aromatic carbocycles. The lowest BCUT2D eigenvalue weighted by molar-refractivity contribution is 0.104. The van der Waals surface area contributed by atoms with Gasteiger partial charge >= 0.3 is 0 Å². The van der Waals surface area contributed by atoms with Gasteiger partial charge in [0.1, 0.15) is 6.61 Å². The summed E-state index contributed by atoms with van der Waals surface area (Å²) < 4.78 is 10.2. The lowest BCUT2D eigenvalue weighted by Gasteiger charge is -2.03. The maximum Gasteiger partial charge on any atom is 0.223 e. The molecule has 0 fully saturated rings. The lowest BCUT2D eigenvalue weighted by Crippen LogP contribution is -2.00. The molecule has 0 bridgehead atoms. The number of nitrogens with zero attached hydrogens (tertiary/aromatic N) is 2. The van der Waals surface area contributed by atoms with E-state index < -0.39 is 0 Å². The standard InChI is InChI=1S/C9H16N2O2/c1-7(2)4-5-12-6-9-10-8(3)13-11-9/h7H,4-6H2,1-3H3. The van der Waals surface area contributed by atoms with E-state index in [4.69, 9.17) is 9.26 Å². The summed E-state index contributed by atoms with van der Waals surface area (Å²) in [6.07, 6.45) is 1.07. The molecule has 0 saturated heterocycles. The summed E-state index contributed by atoms with van der Waals surface area (Å²) in [6.45, 7) is 7.31. The first kappa shape index (κ1) is 10.2. The molecule has 0 spiro atoms. The average molecular weight is 184 g/mol. The number of aryl methyl sites for hydroxylation is 1. The zero-order valence-electron chi connectivity index (χ0n) is 8.41. The molecular weight excluding hydrogens is 168 g/mol. The third-order valence-corrected chi connectivity index (χ3v) is 1.64. The largest absolute Gasteiger partial charge is 0.373 e. The van der Waals surface area contributed by atoms with Gasteiger partial charge in [0.05, 0.1) is 0 Å². The number of hydrogen-bond acceptors (Lipinski definition) is 4. The van der Waals surface area contributed by atoms with E-state index in [0.717, 1.165) is 13.0 Å². The van der Waals surface area contributed by atoms with Crippen LogP contribution in [0.1, 0.15) is 32.0 Å². The summed E-state index contributed by atoms with van der Waals surface area (Å²) in [5.74, 6) is 1.88. The van der Waals surface area contributed by atoms with Crippen molar-refractivity contribution in [2.45, 2.75) is 33.8 Å². The normalized spacial score (nSPS) is 11.1. The predicted molar refractivity (Wildman–Crippen MR) is 48.1 cm³/mol. The molecule has 0 amide bonds. The molecule has 0 N–H and O–H groups in total. The topological polar surface area (TPSA) is 48.2 Å². The van der Waals surface area contributed by atoms with Gasteiger partial charge < -0.3 is 9.26 Å². The number of aromatic nitrogens is 2. The fourth-order valence-electron chi connectivity index (χ4n) is 0.882. The first-order valence-electron chi connectivity index (χ1n) is 4.55. The van der Waals surface area contributed by atoms with E-state index in [-0.39, 0.29) is 0 Å². The molecule has 4 nitrogen and oxygen atoms in total. The maximum atomic E-state index is 5.36. The van der Waals surface area contributed by atoms with Crippen molar-refractivity contribution in [3.05, 3.63) is 11.7 Å². The Labute approximate surface area is 78.3 Å². The van der Waals surface area contributed by atoms with E-state index in [2.05, 4.69) is 24.0 Å². The second-order valence-corrected chi connectivity index (χ2v) is 3.46. The van der Waals surface area contributed by atoms with Crippen LogP contribution in [0.4, 0.5) is 0 Å². The number of rotatable bonds is 5. The highest BCUT2D eigenvalue weighted by Crippen LogP contribution is 2.01. The fraction of sp³-hybridized carbons (Fsp3) is 0.778. The minimum Gasteiger partial charge on any atom is -0.373 e. The molecule has 0 unspecified atom stereocenters. The molecular formula is C9H16N2O2. The summed E-state index contributed by atoms with van der Waals surface area (Å²) >= 11 is 0. The highest BCUT2D eigenvalue weighted by atomic mass is 16.5. The van der Waals surface area contributed by atoms with Crippen LogP contribution in [0.25, 0.3) is 0 Å². The Kier molecular flexibility index (Phi) is 3.89. The molecule has 0 saturated carbocycles. The van der Waals surface area contributed by atoms with Crippen molar-refractivity contribution in [2.75, 3.05) is 6.61 Å². The minimum atomic E-state index is 0.448. The van der Waals surface area contributed by atoms with E-state index in [1.165, 1.54) is 0 Å². The van der Waals surface area contributed by atoms with Crippen molar-refractivity contribution in [3.63, 3.8) is 0 Å². The van der Waals surface area contributed by atoms with Crippen LogP contribution < -0.4 is 0 Å². The zero-order valence-corrected chi connectivity index (χ0v) is 8.41. The van der Waals surface area contributed by atoms with E-state index in [9.17, 15) is 0 Å². The maximum absolute atomic E-state index is 5.36. The van der Waals surface area contributed by atoms with Gasteiger partial charge in [0.2, 0.25) is 5.89 Å². The van der Waals surface area contributed by atoms with Crippen LogP contribution in [-0.2, 0) is 11.3 Å². The zero-order chi connectivity index (χ0) is 9.68. The van der Waals surface area contributed by atoms with Crippen LogP contribution in [-0.4, -0.2) is 16.7 Å². The van der Waals surface area contributed by atoms with Gasteiger partial charge in [-0.2, -0.15) is 4.98 Å². The Balaban J connectivity index is 2.13. The van der Waals surface area contributed by atoms with E-state index in [1.807, 2.05) is 0 Å². The first-order chi connectivity index (χ1) is 6.18. The highest BCUT2D eigenvalue weighted by Gasteiger charge is 2.01. The van der Waals surface area contributed by atoms with Crippen molar-refractivity contribution in [2.24, 2.45) is 5.92 Å². The van der Waals surface area contributed by atoms with Crippen molar-refractivity contribution in [3.8, 4) is 0 Å². The van der Waals surface area contributed by atoms with Crippen molar-refractivity contribution in [1.29, 1.82) is 0 Å². The van der Waals surface area contributed by atoms with Crippen LogP contribution in [0.2, 0.25) is 0 Å². The molecule has 1 aromatic heterocycles. The molecule has 1 heterocycles. The molecule has 0 atom stereocenters. The van der Waals surface area contributed by atoms with Gasteiger partial charge in [-0.25, -0.2) is 0 Å². The molecule has 74 valence electrons. The van der Waals surface area contributed by atoms with E-state index >= 15 is 0 Å². The summed E-state index contributed by atoms with van der Waals surface area (Å²) in [5.41, 5.74) is 0. The quantitative estimate of drug-likeness (QED) is 0.656. The SMILES string of the molecule is Cc1nc(COCCC(C)C)no1. The molecule has 1 rings (SSSR count). The van der Waals surface area contributed by atoms with Crippen molar-refractivity contribution < 1.29 is 9.26 Å². The van der Waals surface area contributed by atoms with Gasteiger partial charge in [-0.3, -0.25) is 0 Å². The van der Waals surface area contributed by atoms with Crippen LogP contribution in [0, 0.1) is 12.8 Å². The third-order valence-electron chi connectivity index (χ3n) is 1.64. The van der Waals surface area contributed by atoms with Crippen molar-refractivity contribution >= 4 is 0 Å². The van der Waals surface area contributed by atoms with Crippen LogP contribution in [0.3, 0.4) is 0 Å². The molecule has 0 aliphatic heterocycles. The summed E-state index contributed by atoms with van der Waals surface area (Å²) in [6, 6.07) is 0. The molecule has 13 heavy (non-hydrogen) atoms. The average Bonchev–Trinajstić information content (AvgIpc) is 2.45. The highest BCUT2D eigenvalue weighted by molar-refractivity contribution is 4.80. The summed E-state index contributed by atoms with van der Waals surface area (Å²) in [7, 11) is 0. The molecule has 0 radical (unpaired) electrons. The monoisotopic (exact) mass is 184 g/mol. The van der Waals surface area contributed by atoms with Crippen molar-refractivity contribution in [1.82, 2.24) is 10.1 Å². The van der Waals surface area contributed by atoms with Gasteiger partial charge in [-0.15, -0.1) is 0 Å². The lowest BCUT2D eigenvalue weighted by atomic mass is 10.1. The van der Waals surface area contributed by atoms with Gasteiger partial charge in [0.15, 0.2) is 5.82 Å². The Hall–Kier alpha value is -0.900. The Morgan fingerprint density at radius 1 is 1.46 bits per heavy atom. The Morgan fingerprint density at radius 2 is 2.23 bits per heavy atom. The smallest absolute Gasteiger partial charge is 0.223 e. The van der Waals surface area contributed by atoms with Gasteiger partial charge in [-0.05, 0) is 12.3 Å². The second-order valence-electron chi connectivity index (χ2n) is 3.46. The Morgan fingerprint density at radius 3 is 2.77 bits per heavy atom. The van der Waals surface area contributed by atoms with Gasteiger partial charge in [0, 0.05) is 13.5 Å². The number of hydrogen-bond donors (Lipinski definition) is 0. The van der Waals surface area contributed by atoms with Crippen LogP contribution in [0.5, 0.6) is 0 Å². The third kappa shape index (κ3) is 4.03. The van der Waals surface area contributed by atoms with Gasteiger partial charge in [-0.1, -0.05) is 19.0 Å². The van der Waals surface area contributed by atoms with E-state index in [1.54, 1.807) is 6.92 Å². The minimum absolute atomic E-state index is 0.448. The Bertz CT molecular complexity index is 246. The van der Waals surface area contributed by atoms with Crippen LogP contribution >= 0.6 is 0 Å². The van der Waals surface area contributed by atoms with Gasteiger partial charge in [0.25, 0.3) is 0 Å². The molecule has 1 aromatic rings. The number of ether oxygens (including phenoxy) is 1.